The summed E-state index contributed by atoms with van der Waals surface area (Å²) in [5, 5.41) is 5.67. The van der Waals surface area contributed by atoms with E-state index in [-0.39, 0.29) is 5.91 Å². The van der Waals surface area contributed by atoms with Gasteiger partial charge in [-0.15, -0.1) is 0 Å². The van der Waals surface area contributed by atoms with Crippen molar-refractivity contribution in [2.24, 2.45) is 5.10 Å². The Morgan fingerprint density at radius 2 is 1.78 bits per heavy atom. The summed E-state index contributed by atoms with van der Waals surface area (Å²) in [6.45, 7) is 2.02. The predicted octanol–water partition coefficient (Wildman–Crippen LogP) is 2.99. The highest BCUT2D eigenvalue weighted by Crippen LogP contribution is 2.32. The molecule has 0 unspecified atom stereocenters. The lowest BCUT2D eigenvalue weighted by atomic mass is 10.1. The normalized spacial score (nSPS) is 13.6. The summed E-state index contributed by atoms with van der Waals surface area (Å²) in [6, 6.07) is 15.4. The van der Waals surface area contributed by atoms with E-state index >= 15 is 0 Å². The largest absolute Gasteiger partial charge is 0.280 e. The molecule has 0 N–H and O–H groups in total. The quantitative estimate of drug-likeness (QED) is 0.738. The molecule has 0 saturated heterocycles. The molecule has 2 aromatic rings. The molecule has 3 rings (SSSR count). The fraction of sp³-hybridized carbons (Fsp3) is 0.0667. The summed E-state index contributed by atoms with van der Waals surface area (Å²) < 4.78 is 0. The van der Waals surface area contributed by atoms with Gasteiger partial charge in [-0.2, -0.15) is 10.1 Å². The minimum atomic E-state index is -0.0459. The number of hydrogen-bond donors (Lipinski definition) is 0. The fourth-order valence-electron chi connectivity index (χ4n) is 1.98. The molecular formula is C15H12N2O. The Bertz CT molecular complexity index is 646. The molecule has 88 valence electrons. The molecule has 3 nitrogen and oxygen atoms in total. The first kappa shape index (κ1) is 10.7. The van der Waals surface area contributed by atoms with Gasteiger partial charge in [0.1, 0.15) is 0 Å². The van der Waals surface area contributed by atoms with E-state index < -0.39 is 0 Å². The number of para-hydroxylation sites is 1. The number of hydrazone groups is 1. The number of nitrogens with zero attached hydrogens (tertiary/aromatic N) is 2. The summed E-state index contributed by atoms with van der Waals surface area (Å²) in [7, 11) is 0. The molecule has 0 fully saturated rings. The van der Waals surface area contributed by atoms with Gasteiger partial charge in [0.2, 0.25) is 0 Å². The van der Waals surface area contributed by atoms with Crippen molar-refractivity contribution in [3.05, 3.63) is 65.2 Å². The molecular weight excluding hydrogens is 224 g/mol. The van der Waals surface area contributed by atoms with Crippen molar-refractivity contribution < 1.29 is 4.79 Å². The van der Waals surface area contributed by atoms with Gasteiger partial charge < -0.3 is 0 Å². The minimum Gasteiger partial charge on any atom is -0.267 e. The van der Waals surface area contributed by atoms with Crippen LogP contribution >= 0.6 is 0 Å². The van der Waals surface area contributed by atoms with E-state index in [2.05, 4.69) is 5.10 Å². The smallest absolute Gasteiger partial charge is 0.267 e. The first-order valence-electron chi connectivity index (χ1n) is 5.80. The first-order chi connectivity index (χ1) is 8.77. The van der Waals surface area contributed by atoms with Crippen LogP contribution in [0, 0.1) is 6.92 Å². The summed E-state index contributed by atoms with van der Waals surface area (Å²) in [5.41, 5.74) is 3.77. The van der Waals surface area contributed by atoms with Crippen molar-refractivity contribution in [2.45, 2.75) is 6.92 Å². The van der Waals surface area contributed by atoms with Gasteiger partial charge in [0.15, 0.2) is 0 Å². The van der Waals surface area contributed by atoms with Crippen LogP contribution in [0.25, 0.3) is 0 Å². The Morgan fingerprint density at radius 1 is 1.06 bits per heavy atom. The van der Waals surface area contributed by atoms with Crippen LogP contribution in [-0.2, 0) is 0 Å². The van der Waals surface area contributed by atoms with Gasteiger partial charge in [0.25, 0.3) is 5.91 Å². The second-order valence-corrected chi connectivity index (χ2v) is 4.24. The summed E-state index contributed by atoms with van der Waals surface area (Å²) in [5.74, 6) is -0.0459. The van der Waals surface area contributed by atoms with Gasteiger partial charge in [-0.3, -0.25) is 4.79 Å². The van der Waals surface area contributed by atoms with Crippen molar-refractivity contribution in [3.63, 3.8) is 0 Å². The van der Waals surface area contributed by atoms with Gasteiger partial charge in [-0.1, -0.05) is 36.4 Å². The van der Waals surface area contributed by atoms with Crippen molar-refractivity contribution in [3.8, 4) is 0 Å². The van der Waals surface area contributed by atoms with E-state index in [1.54, 1.807) is 6.21 Å². The Balaban J connectivity index is 1.88. The lowest BCUT2D eigenvalue weighted by molar-refractivity contribution is 0.0967. The van der Waals surface area contributed by atoms with Gasteiger partial charge >= 0.3 is 0 Å². The van der Waals surface area contributed by atoms with Gasteiger partial charge in [-0.25, -0.2) is 0 Å². The summed E-state index contributed by atoms with van der Waals surface area (Å²) in [4.78, 5) is 11.8. The Kier molecular flexibility index (Phi) is 2.45. The Labute approximate surface area is 105 Å². The number of carbonyl (C=O) groups excluding carboxylic acids is 1. The molecule has 0 aliphatic carbocycles. The zero-order valence-electron chi connectivity index (χ0n) is 10.00. The zero-order valence-corrected chi connectivity index (χ0v) is 10.00. The topological polar surface area (TPSA) is 32.7 Å². The average Bonchev–Trinajstić information content (AvgIpc) is 2.40. The molecule has 0 aromatic heterocycles. The van der Waals surface area contributed by atoms with Gasteiger partial charge in [0.05, 0.1) is 17.5 Å². The maximum absolute atomic E-state index is 11.8. The van der Waals surface area contributed by atoms with Gasteiger partial charge in [-0.05, 0) is 30.2 Å². The molecule has 0 bridgehead atoms. The van der Waals surface area contributed by atoms with E-state index in [4.69, 9.17) is 0 Å². The highest BCUT2D eigenvalue weighted by Gasteiger charge is 2.31. The SMILES string of the molecule is Cc1ccccc1/C=N\N1C(=O)c2ccccc21. The third-order valence-electron chi connectivity index (χ3n) is 3.06. The second-order valence-electron chi connectivity index (χ2n) is 4.24. The molecule has 0 radical (unpaired) electrons. The molecule has 1 aliphatic heterocycles. The molecule has 1 heterocycles. The fourth-order valence-corrected chi connectivity index (χ4v) is 1.98. The Hall–Kier alpha value is -2.42. The number of amides is 1. The van der Waals surface area contributed by atoms with E-state index in [1.165, 1.54) is 5.01 Å². The third-order valence-corrected chi connectivity index (χ3v) is 3.06. The zero-order chi connectivity index (χ0) is 12.5. The lowest BCUT2D eigenvalue weighted by Gasteiger charge is -2.28. The van der Waals surface area contributed by atoms with Crippen LogP contribution in [0.2, 0.25) is 0 Å². The highest BCUT2D eigenvalue weighted by molar-refractivity contribution is 6.19. The molecule has 1 aliphatic rings. The number of rotatable bonds is 2. The Morgan fingerprint density at radius 3 is 2.61 bits per heavy atom. The van der Waals surface area contributed by atoms with Crippen LogP contribution in [0.5, 0.6) is 0 Å². The number of carbonyl (C=O) groups is 1. The molecule has 2 aromatic carbocycles. The third kappa shape index (κ3) is 1.61. The van der Waals surface area contributed by atoms with Crippen molar-refractivity contribution in [1.82, 2.24) is 0 Å². The second kappa shape index (κ2) is 4.11. The van der Waals surface area contributed by atoms with Crippen LogP contribution in [0.1, 0.15) is 21.5 Å². The van der Waals surface area contributed by atoms with E-state index in [0.717, 1.165) is 22.4 Å². The number of anilines is 1. The molecule has 18 heavy (non-hydrogen) atoms. The summed E-state index contributed by atoms with van der Waals surface area (Å²) in [6.07, 6.45) is 1.73. The number of aryl methyl sites for hydroxylation is 1. The van der Waals surface area contributed by atoms with E-state index in [0.29, 0.717) is 0 Å². The molecule has 1 amide bonds. The van der Waals surface area contributed by atoms with Crippen molar-refractivity contribution in [2.75, 3.05) is 5.01 Å². The van der Waals surface area contributed by atoms with E-state index in [9.17, 15) is 4.79 Å². The van der Waals surface area contributed by atoms with E-state index in [1.807, 2.05) is 55.5 Å². The molecule has 0 saturated carbocycles. The maximum Gasteiger partial charge on any atom is 0.280 e. The van der Waals surface area contributed by atoms with Crippen LogP contribution in [-0.4, -0.2) is 12.1 Å². The average molecular weight is 236 g/mol. The highest BCUT2D eigenvalue weighted by atomic mass is 16.2. The van der Waals surface area contributed by atoms with Crippen LogP contribution < -0.4 is 5.01 Å². The van der Waals surface area contributed by atoms with Crippen LogP contribution in [0.15, 0.2) is 53.6 Å². The first-order valence-corrected chi connectivity index (χ1v) is 5.80. The predicted molar refractivity (Wildman–Crippen MR) is 72.0 cm³/mol. The van der Waals surface area contributed by atoms with Crippen molar-refractivity contribution in [1.29, 1.82) is 0 Å². The number of hydrogen-bond acceptors (Lipinski definition) is 2. The van der Waals surface area contributed by atoms with Crippen LogP contribution in [0.4, 0.5) is 5.69 Å². The molecule has 0 atom stereocenters. The van der Waals surface area contributed by atoms with Crippen LogP contribution in [0.3, 0.4) is 0 Å². The molecule has 3 heteroatoms. The number of fused-ring (bicyclic) bond motifs is 1. The lowest BCUT2D eigenvalue weighted by Crippen LogP contribution is -2.36. The summed E-state index contributed by atoms with van der Waals surface area (Å²) >= 11 is 0. The van der Waals surface area contributed by atoms with Gasteiger partial charge in [0, 0.05) is 0 Å². The standard InChI is InChI=1S/C15H12N2O/c1-11-6-2-3-7-12(11)10-16-17-14-9-5-4-8-13(14)15(17)18/h2-10H,1H3/b16-10-. The molecule has 0 spiro atoms. The number of benzene rings is 2. The minimum absolute atomic E-state index is 0.0459. The maximum atomic E-state index is 11.8. The monoisotopic (exact) mass is 236 g/mol. The van der Waals surface area contributed by atoms with Crippen molar-refractivity contribution >= 4 is 17.8 Å².